The molecule has 1 aromatic heterocycles. The van der Waals surface area contributed by atoms with Crippen LogP contribution in [0.5, 0.6) is 0 Å². The van der Waals surface area contributed by atoms with E-state index in [1.165, 1.54) is 0 Å². The second-order valence-electron chi connectivity index (χ2n) is 4.98. The monoisotopic (exact) mass is 407 g/mol. The maximum absolute atomic E-state index is 12.7. The number of halogens is 1. The fourth-order valence-corrected chi connectivity index (χ4v) is 3.01. The molecule has 0 N–H and O–H groups in total. The van der Waals surface area contributed by atoms with Crippen LogP contribution in [0, 0.1) is 14.9 Å². The van der Waals surface area contributed by atoms with E-state index in [1.54, 1.807) is 11.0 Å². The van der Waals surface area contributed by atoms with Crippen LogP contribution in [-0.4, -0.2) is 41.2 Å². The molecule has 1 amide bonds. The molecule has 22 heavy (non-hydrogen) atoms. The summed E-state index contributed by atoms with van der Waals surface area (Å²) < 4.78 is 8.28. The molecule has 0 spiro atoms. The fraction of sp³-hybridized carbons (Fsp3) is 0.250. The van der Waals surface area contributed by atoms with E-state index >= 15 is 0 Å². The van der Waals surface area contributed by atoms with Crippen molar-refractivity contribution in [1.29, 1.82) is 5.26 Å². The summed E-state index contributed by atoms with van der Waals surface area (Å²) >= 11 is 2.25. The summed E-state index contributed by atoms with van der Waals surface area (Å²) in [7, 11) is 0. The minimum atomic E-state index is -0.543. The van der Waals surface area contributed by atoms with Crippen LogP contribution in [0.25, 0.3) is 5.69 Å². The average Bonchev–Trinajstić information content (AvgIpc) is 3.04. The molecule has 1 aromatic carbocycles. The minimum Gasteiger partial charge on any atom is -0.360 e. The van der Waals surface area contributed by atoms with E-state index in [2.05, 4.69) is 28.7 Å². The zero-order valence-electron chi connectivity index (χ0n) is 11.8. The first-order valence-electron chi connectivity index (χ1n) is 6.93. The number of nitriles is 1. The van der Waals surface area contributed by atoms with Gasteiger partial charge in [0.1, 0.15) is 5.69 Å². The Morgan fingerprint density at radius 2 is 2.23 bits per heavy atom. The lowest BCUT2D eigenvalue weighted by atomic mass is 10.2. The molecule has 0 saturated carbocycles. The minimum absolute atomic E-state index is 0.0765. The Morgan fingerprint density at radius 1 is 1.36 bits per heavy atom. The van der Waals surface area contributed by atoms with E-state index in [9.17, 15) is 4.79 Å². The van der Waals surface area contributed by atoms with E-state index in [0.29, 0.717) is 25.4 Å². The van der Waals surface area contributed by atoms with Gasteiger partial charge < -0.3 is 14.2 Å². The number of benzene rings is 1. The van der Waals surface area contributed by atoms with Crippen molar-refractivity contribution in [1.82, 2.24) is 9.47 Å². The van der Waals surface area contributed by atoms with Crippen LogP contribution >= 0.6 is 22.6 Å². The van der Waals surface area contributed by atoms with Gasteiger partial charge >= 0.3 is 0 Å². The van der Waals surface area contributed by atoms with Gasteiger partial charge in [0.05, 0.1) is 19.2 Å². The van der Waals surface area contributed by atoms with Gasteiger partial charge in [-0.2, -0.15) is 5.26 Å². The normalized spacial score (nSPS) is 18.0. The fourth-order valence-electron chi connectivity index (χ4n) is 2.48. The number of carbonyl (C=O) groups excluding carboxylic acids is 1. The molecular weight excluding hydrogens is 393 g/mol. The molecule has 1 unspecified atom stereocenters. The van der Waals surface area contributed by atoms with Crippen LogP contribution in [0.2, 0.25) is 0 Å². The standard InChI is InChI=1S/C16H14IN3O2/c17-12-3-1-4-13(9-12)20-6-2-5-15(20)16(21)19-7-8-22-14(10-18)11-19/h1-6,9,14H,7-8,11H2. The van der Waals surface area contributed by atoms with Crippen molar-refractivity contribution in [3.8, 4) is 11.8 Å². The second kappa shape index (κ2) is 6.50. The van der Waals surface area contributed by atoms with Crippen molar-refractivity contribution in [2.45, 2.75) is 6.10 Å². The van der Waals surface area contributed by atoms with Gasteiger partial charge in [-0.15, -0.1) is 0 Å². The topological polar surface area (TPSA) is 58.3 Å². The highest BCUT2D eigenvalue weighted by molar-refractivity contribution is 14.1. The van der Waals surface area contributed by atoms with Crippen molar-refractivity contribution in [2.75, 3.05) is 19.7 Å². The van der Waals surface area contributed by atoms with Crippen molar-refractivity contribution >= 4 is 28.5 Å². The van der Waals surface area contributed by atoms with E-state index in [4.69, 9.17) is 10.00 Å². The number of nitrogens with zero attached hydrogens (tertiary/aromatic N) is 3. The molecule has 2 aromatic rings. The quantitative estimate of drug-likeness (QED) is 0.719. The Balaban J connectivity index is 1.88. The lowest BCUT2D eigenvalue weighted by molar-refractivity contribution is 0.00311. The molecule has 0 aliphatic carbocycles. The van der Waals surface area contributed by atoms with Gasteiger partial charge in [-0.25, -0.2) is 0 Å². The molecular formula is C16H14IN3O2. The SMILES string of the molecule is N#CC1CN(C(=O)c2cccn2-c2cccc(I)c2)CCO1. The number of aromatic nitrogens is 1. The number of carbonyl (C=O) groups is 1. The maximum Gasteiger partial charge on any atom is 0.271 e. The second-order valence-corrected chi connectivity index (χ2v) is 6.23. The third-order valence-electron chi connectivity index (χ3n) is 3.55. The molecule has 0 bridgehead atoms. The molecule has 1 atom stereocenters. The molecule has 1 fully saturated rings. The van der Waals surface area contributed by atoms with Crippen LogP contribution in [0.3, 0.4) is 0 Å². The Hall–Kier alpha value is -1.85. The molecule has 0 radical (unpaired) electrons. The summed E-state index contributed by atoms with van der Waals surface area (Å²) in [5, 5.41) is 8.97. The predicted molar refractivity (Wildman–Crippen MR) is 89.7 cm³/mol. The highest BCUT2D eigenvalue weighted by Gasteiger charge is 2.26. The predicted octanol–water partition coefficient (Wildman–Crippen LogP) is 2.45. The first kappa shape index (κ1) is 15.1. The summed E-state index contributed by atoms with van der Waals surface area (Å²) in [6.45, 7) is 1.22. The first-order valence-corrected chi connectivity index (χ1v) is 8.00. The zero-order valence-corrected chi connectivity index (χ0v) is 13.9. The third-order valence-corrected chi connectivity index (χ3v) is 4.22. The van der Waals surface area contributed by atoms with Crippen LogP contribution in [0.1, 0.15) is 10.5 Å². The summed E-state index contributed by atoms with van der Waals surface area (Å²) in [6.07, 6.45) is 1.33. The molecule has 112 valence electrons. The van der Waals surface area contributed by atoms with Gasteiger partial charge in [0.25, 0.3) is 5.91 Å². The van der Waals surface area contributed by atoms with Crippen molar-refractivity contribution in [3.05, 3.63) is 51.9 Å². The molecule has 1 saturated heterocycles. The smallest absolute Gasteiger partial charge is 0.271 e. The molecule has 6 heteroatoms. The molecule has 1 aliphatic heterocycles. The average molecular weight is 407 g/mol. The zero-order chi connectivity index (χ0) is 15.5. The molecule has 1 aliphatic rings. The van der Waals surface area contributed by atoms with Crippen LogP contribution in [0.15, 0.2) is 42.6 Å². The highest BCUT2D eigenvalue weighted by atomic mass is 127. The summed E-state index contributed by atoms with van der Waals surface area (Å²) in [4.78, 5) is 14.4. The number of rotatable bonds is 2. The van der Waals surface area contributed by atoms with E-state index in [0.717, 1.165) is 9.26 Å². The lowest BCUT2D eigenvalue weighted by Gasteiger charge is -2.30. The number of amides is 1. The van der Waals surface area contributed by atoms with Gasteiger partial charge in [0, 0.05) is 22.0 Å². The van der Waals surface area contributed by atoms with E-state index in [-0.39, 0.29) is 5.91 Å². The molecule has 5 nitrogen and oxygen atoms in total. The summed E-state index contributed by atoms with van der Waals surface area (Å²) in [6, 6.07) is 13.7. The Kier molecular flexibility index (Phi) is 4.45. The third kappa shape index (κ3) is 3.00. The number of hydrogen-bond donors (Lipinski definition) is 0. The van der Waals surface area contributed by atoms with Gasteiger partial charge in [-0.05, 0) is 52.9 Å². The number of ether oxygens (including phenoxy) is 1. The maximum atomic E-state index is 12.7. The van der Waals surface area contributed by atoms with Crippen LogP contribution < -0.4 is 0 Å². The van der Waals surface area contributed by atoms with Crippen molar-refractivity contribution in [2.24, 2.45) is 0 Å². The van der Waals surface area contributed by atoms with Gasteiger partial charge in [-0.1, -0.05) is 6.07 Å². The largest absolute Gasteiger partial charge is 0.360 e. The van der Waals surface area contributed by atoms with Crippen molar-refractivity contribution < 1.29 is 9.53 Å². The summed E-state index contributed by atoms with van der Waals surface area (Å²) in [5.74, 6) is -0.0765. The van der Waals surface area contributed by atoms with E-state index in [1.807, 2.05) is 41.1 Å². The highest BCUT2D eigenvalue weighted by Crippen LogP contribution is 2.18. The van der Waals surface area contributed by atoms with Crippen molar-refractivity contribution in [3.63, 3.8) is 0 Å². The number of hydrogen-bond acceptors (Lipinski definition) is 3. The molecule has 2 heterocycles. The Labute approximate surface area is 142 Å². The van der Waals surface area contributed by atoms with Gasteiger partial charge in [0.15, 0.2) is 6.10 Å². The van der Waals surface area contributed by atoms with Crippen LogP contribution in [0.4, 0.5) is 0 Å². The van der Waals surface area contributed by atoms with Gasteiger partial charge in [-0.3, -0.25) is 4.79 Å². The van der Waals surface area contributed by atoms with E-state index < -0.39 is 6.10 Å². The summed E-state index contributed by atoms with van der Waals surface area (Å²) in [5.41, 5.74) is 1.55. The Bertz CT molecular complexity index is 735. The van der Waals surface area contributed by atoms with Crippen LogP contribution in [-0.2, 0) is 4.74 Å². The van der Waals surface area contributed by atoms with Gasteiger partial charge in [0.2, 0.25) is 0 Å². The Morgan fingerprint density at radius 3 is 3.00 bits per heavy atom. The number of morpholine rings is 1. The lowest BCUT2D eigenvalue weighted by Crippen LogP contribution is -2.45. The first-order chi connectivity index (χ1) is 10.7. The molecule has 3 rings (SSSR count).